The third-order valence-electron chi connectivity index (χ3n) is 4.00. The molecular formula is C17H25N3. The zero-order chi connectivity index (χ0) is 14.4. The SMILES string of the molecule is CCCNC(c1cccc2nccnc12)C(CC)CC. The van der Waals surface area contributed by atoms with E-state index in [1.807, 2.05) is 6.07 Å². The zero-order valence-electron chi connectivity index (χ0n) is 12.8. The number of hydrogen-bond donors (Lipinski definition) is 1. The molecule has 0 amide bonds. The largest absolute Gasteiger partial charge is 0.310 e. The van der Waals surface area contributed by atoms with Crippen LogP contribution in [0.25, 0.3) is 11.0 Å². The van der Waals surface area contributed by atoms with Crippen molar-refractivity contribution in [3.63, 3.8) is 0 Å². The van der Waals surface area contributed by atoms with Gasteiger partial charge in [-0.25, -0.2) is 0 Å². The highest BCUT2D eigenvalue weighted by atomic mass is 14.9. The maximum atomic E-state index is 4.56. The molecule has 0 aliphatic heterocycles. The van der Waals surface area contributed by atoms with Crippen LogP contribution in [-0.4, -0.2) is 16.5 Å². The first-order valence-electron chi connectivity index (χ1n) is 7.74. The van der Waals surface area contributed by atoms with Crippen molar-refractivity contribution in [2.45, 2.75) is 46.1 Å². The van der Waals surface area contributed by atoms with Gasteiger partial charge < -0.3 is 5.32 Å². The van der Waals surface area contributed by atoms with Gasteiger partial charge >= 0.3 is 0 Å². The van der Waals surface area contributed by atoms with E-state index in [1.165, 1.54) is 18.4 Å². The summed E-state index contributed by atoms with van der Waals surface area (Å²) < 4.78 is 0. The fourth-order valence-corrected chi connectivity index (χ4v) is 2.86. The van der Waals surface area contributed by atoms with Crippen molar-refractivity contribution in [1.82, 2.24) is 15.3 Å². The van der Waals surface area contributed by atoms with E-state index >= 15 is 0 Å². The number of para-hydroxylation sites is 1. The van der Waals surface area contributed by atoms with Crippen molar-refractivity contribution in [2.75, 3.05) is 6.54 Å². The Bertz CT molecular complexity index is 529. The van der Waals surface area contributed by atoms with Crippen molar-refractivity contribution >= 4 is 11.0 Å². The molecule has 0 aliphatic carbocycles. The molecule has 1 aromatic heterocycles. The molecule has 0 bridgehead atoms. The van der Waals surface area contributed by atoms with Gasteiger partial charge in [-0.3, -0.25) is 9.97 Å². The Kier molecular flexibility index (Phi) is 5.48. The van der Waals surface area contributed by atoms with Gasteiger partial charge in [-0.15, -0.1) is 0 Å². The number of benzene rings is 1. The van der Waals surface area contributed by atoms with E-state index in [0.717, 1.165) is 24.0 Å². The van der Waals surface area contributed by atoms with Crippen LogP contribution in [0.3, 0.4) is 0 Å². The van der Waals surface area contributed by atoms with Crippen molar-refractivity contribution in [3.05, 3.63) is 36.2 Å². The Hall–Kier alpha value is -1.48. The van der Waals surface area contributed by atoms with E-state index in [-0.39, 0.29) is 0 Å². The Balaban J connectivity index is 2.44. The summed E-state index contributed by atoms with van der Waals surface area (Å²) in [4.78, 5) is 8.98. The van der Waals surface area contributed by atoms with Crippen LogP contribution in [0.5, 0.6) is 0 Å². The van der Waals surface area contributed by atoms with Gasteiger partial charge in [0.25, 0.3) is 0 Å². The van der Waals surface area contributed by atoms with Crippen LogP contribution >= 0.6 is 0 Å². The van der Waals surface area contributed by atoms with E-state index in [1.54, 1.807) is 12.4 Å². The average Bonchev–Trinajstić information content (AvgIpc) is 2.51. The van der Waals surface area contributed by atoms with Crippen LogP contribution < -0.4 is 5.32 Å². The fourth-order valence-electron chi connectivity index (χ4n) is 2.86. The van der Waals surface area contributed by atoms with Crippen LogP contribution in [0.2, 0.25) is 0 Å². The van der Waals surface area contributed by atoms with E-state index in [2.05, 4.69) is 48.2 Å². The van der Waals surface area contributed by atoms with Gasteiger partial charge in [-0.1, -0.05) is 45.7 Å². The van der Waals surface area contributed by atoms with Crippen LogP contribution in [0.4, 0.5) is 0 Å². The summed E-state index contributed by atoms with van der Waals surface area (Å²) in [5.74, 6) is 0.633. The van der Waals surface area contributed by atoms with Crippen molar-refractivity contribution < 1.29 is 0 Å². The minimum Gasteiger partial charge on any atom is -0.310 e. The lowest BCUT2D eigenvalue weighted by atomic mass is 9.88. The Morgan fingerprint density at radius 3 is 2.50 bits per heavy atom. The molecule has 0 spiro atoms. The predicted molar refractivity (Wildman–Crippen MR) is 84.6 cm³/mol. The first-order valence-corrected chi connectivity index (χ1v) is 7.74. The van der Waals surface area contributed by atoms with Gasteiger partial charge in [0, 0.05) is 18.4 Å². The molecule has 3 nitrogen and oxygen atoms in total. The number of nitrogens with zero attached hydrogens (tertiary/aromatic N) is 2. The molecule has 1 aromatic carbocycles. The second kappa shape index (κ2) is 7.34. The van der Waals surface area contributed by atoms with E-state index < -0.39 is 0 Å². The molecule has 1 unspecified atom stereocenters. The van der Waals surface area contributed by atoms with Crippen LogP contribution in [-0.2, 0) is 0 Å². The Morgan fingerprint density at radius 1 is 1.05 bits per heavy atom. The summed E-state index contributed by atoms with van der Waals surface area (Å²) in [5, 5.41) is 3.71. The highest BCUT2D eigenvalue weighted by molar-refractivity contribution is 5.78. The van der Waals surface area contributed by atoms with Gasteiger partial charge in [0.05, 0.1) is 11.0 Å². The smallest absolute Gasteiger partial charge is 0.0934 e. The van der Waals surface area contributed by atoms with Gasteiger partial charge in [0.1, 0.15) is 0 Å². The van der Waals surface area contributed by atoms with Crippen LogP contribution in [0.1, 0.15) is 51.6 Å². The van der Waals surface area contributed by atoms with Crippen molar-refractivity contribution in [3.8, 4) is 0 Å². The maximum Gasteiger partial charge on any atom is 0.0934 e. The molecule has 108 valence electrons. The van der Waals surface area contributed by atoms with E-state index in [4.69, 9.17) is 0 Å². The quantitative estimate of drug-likeness (QED) is 0.823. The first kappa shape index (κ1) is 14.9. The third-order valence-corrected chi connectivity index (χ3v) is 4.00. The van der Waals surface area contributed by atoms with Crippen LogP contribution in [0, 0.1) is 5.92 Å². The summed E-state index contributed by atoms with van der Waals surface area (Å²) in [6.45, 7) is 7.79. The number of hydrogen-bond acceptors (Lipinski definition) is 3. The van der Waals surface area contributed by atoms with Crippen molar-refractivity contribution in [2.24, 2.45) is 5.92 Å². The summed E-state index contributed by atoms with van der Waals surface area (Å²) in [6.07, 6.45) is 7.05. The molecule has 0 saturated carbocycles. The summed E-state index contributed by atoms with van der Waals surface area (Å²) in [5.41, 5.74) is 3.31. The topological polar surface area (TPSA) is 37.8 Å². The van der Waals surface area contributed by atoms with Crippen molar-refractivity contribution in [1.29, 1.82) is 0 Å². The molecular weight excluding hydrogens is 246 g/mol. The molecule has 20 heavy (non-hydrogen) atoms. The normalized spacial score (nSPS) is 13.0. The molecule has 1 N–H and O–H groups in total. The lowest BCUT2D eigenvalue weighted by molar-refractivity contribution is 0.343. The fraction of sp³-hybridized carbons (Fsp3) is 0.529. The molecule has 0 aliphatic rings. The average molecular weight is 271 g/mol. The minimum absolute atomic E-state index is 0.366. The highest BCUT2D eigenvalue weighted by Gasteiger charge is 2.22. The standard InChI is InChI=1S/C17H25N3/c1-4-10-19-16(13(5-2)6-3)14-8-7-9-15-17(14)20-12-11-18-15/h7-9,11-13,16,19H,4-6,10H2,1-3H3. The minimum atomic E-state index is 0.366. The van der Waals surface area contributed by atoms with Gasteiger partial charge in [-0.2, -0.15) is 0 Å². The lowest BCUT2D eigenvalue weighted by Gasteiger charge is -2.27. The van der Waals surface area contributed by atoms with E-state index in [0.29, 0.717) is 12.0 Å². The molecule has 0 fully saturated rings. The summed E-state index contributed by atoms with van der Waals surface area (Å²) >= 11 is 0. The van der Waals surface area contributed by atoms with Gasteiger partial charge in [-0.05, 0) is 30.5 Å². The Labute approximate surface area is 121 Å². The second-order valence-corrected chi connectivity index (χ2v) is 5.28. The second-order valence-electron chi connectivity index (χ2n) is 5.28. The molecule has 0 radical (unpaired) electrons. The molecule has 1 atom stereocenters. The first-order chi connectivity index (χ1) is 9.81. The molecule has 2 rings (SSSR count). The zero-order valence-corrected chi connectivity index (χ0v) is 12.8. The number of aromatic nitrogens is 2. The monoisotopic (exact) mass is 271 g/mol. The van der Waals surface area contributed by atoms with Gasteiger partial charge in [0.15, 0.2) is 0 Å². The highest BCUT2D eigenvalue weighted by Crippen LogP contribution is 2.30. The Morgan fingerprint density at radius 2 is 1.80 bits per heavy atom. The number of fused-ring (bicyclic) bond motifs is 1. The number of rotatable bonds is 7. The van der Waals surface area contributed by atoms with E-state index in [9.17, 15) is 0 Å². The third kappa shape index (κ3) is 3.15. The molecule has 2 aromatic rings. The lowest BCUT2D eigenvalue weighted by Crippen LogP contribution is -2.29. The maximum absolute atomic E-state index is 4.56. The number of nitrogens with one attached hydrogen (secondary N) is 1. The molecule has 1 heterocycles. The molecule has 3 heteroatoms. The predicted octanol–water partition coefficient (Wildman–Crippen LogP) is 4.11. The molecule has 0 saturated heterocycles. The summed E-state index contributed by atoms with van der Waals surface area (Å²) in [7, 11) is 0. The van der Waals surface area contributed by atoms with Crippen LogP contribution in [0.15, 0.2) is 30.6 Å². The summed E-state index contributed by atoms with van der Waals surface area (Å²) in [6, 6.07) is 6.69. The van der Waals surface area contributed by atoms with Gasteiger partial charge in [0.2, 0.25) is 0 Å².